The summed E-state index contributed by atoms with van der Waals surface area (Å²) >= 11 is 0. The lowest BCUT2D eigenvalue weighted by Crippen LogP contribution is -2.45. The first kappa shape index (κ1) is 51.3. The molecule has 0 spiro atoms. The van der Waals surface area contributed by atoms with Crippen LogP contribution in [0.3, 0.4) is 0 Å². The van der Waals surface area contributed by atoms with Crippen LogP contribution in [-0.2, 0) is 44.6 Å². The Morgan fingerprint density at radius 3 is 2.12 bits per heavy atom. The molecule has 21 nitrogen and oxygen atoms in total. The van der Waals surface area contributed by atoms with Gasteiger partial charge in [-0.25, -0.2) is 9.59 Å². The van der Waals surface area contributed by atoms with Crippen molar-refractivity contribution in [1.82, 2.24) is 25.7 Å². The molecule has 0 bridgehead atoms. The van der Waals surface area contributed by atoms with Gasteiger partial charge in [0.15, 0.2) is 13.1 Å². The molecule has 370 valence electrons. The Balaban J connectivity index is 0.881. The molecule has 0 aromatic heterocycles. The summed E-state index contributed by atoms with van der Waals surface area (Å²) in [7, 11) is 1.77. The third-order valence-electron chi connectivity index (χ3n) is 10.7. The van der Waals surface area contributed by atoms with Crippen LogP contribution in [0.25, 0.3) is 33.3 Å². The van der Waals surface area contributed by atoms with Crippen molar-refractivity contribution >= 4 is 51.9 Å². The topological polar surface area (TPSA) is 268 Å². The number of urea groups is 1. The number of esters is 1. The number of hydrogen-bond acceptors (Lipinski definition) is 13. The van der Waals surface area contributed by atoms with Gasteiger partial charge in [-0.2, -0.15) is 0 Å². The van der Waals surface area contributed by atoms with E-state index < -0.39 is 29.6 Å². The number of rotatable bonds is 23. The third-order valence-corrected chi connectivity index (χ3v) is 10.7. The minimum absolute atomic E-state index is 0.0238. The molecule has 2 aliphatic heterocycles. The normalized spacial score (nSPS) is 13.2. The molecule has 0 saturated carbocycles. The number of amides is 5. The molecule has 0 unspecified atom stereocenters. The van der Waals surface area contributed by atoms with Crippen LogP contribution in [0.2, 0.25) is 0 Å². The van der Waals surface area contributed by atoms with Crippen molar-refractivity contribution in [3.05, 3.63) is 72.3 Å². The first-order valence-electron chi connectivity index (χ1n) is 22.8. The largest absolute Gasteiger partial charge is 0.508 e. The molecular weight excluding hydrogens is 895 g/mol. The molecule has 21 heteroatoms. The number of morpholine rings is 1. The smallest absolute Gasteiger partial charge is 0.404 e. The Morgan fingerprint density at radius 2 is 1.48 bits per heavy atom. The number of azo groups is 2. The molecule has 0 radical (unpaired) electrons. The fourth-order valence-electron chi connectivity index (χ4n) is 7.41. The van der Waals surface area contributed by atoms with E-state index in [1.807, 2.05) is 0 Å². The molecule has 1 aliphatic carbocycles. The summed E-state index contributed by atoms with van der Waals surface area (Å²) in [5, 5.41) is 44.2. The summed E-state index contributed by atoms with van der Waals surface area (Å²) in [6.07, 6.45) is 0.0202. The SMILES string of the molecule is CNc1ccc(C(=O)N[C@@H](CCC(=O)NCCOCCOCCOCCNC(=O)Cn2[nH]c3c4cccc(NC(=O)N=[N+]5CCOCC5)c4c(O)c-3c2-c2ccc(O)cc2)C(=O)OC(C)(C)C)cc1. The maximum Gasteiger partial charge on any atom is 0.404 e. The number of anilines is 2. The Bertz CT molecular complexity index is 2520. The van der Waals surface area contributed by atoms with Gasteiger partial charge in [0.1, 0.15) is 42.9 Å². The lowest BCUT2D eigenvalue weighted by atomic mass is 10.1. The summed E-state index contributed by atoms with van der Waals surface area (Å²) < 4.78 is 30.8. The highest BCUT2D eigenvalue weighted by atomic mass is 16.6. The molecule has 1 fully saturated rings. The number of carbonyl (C=O) groups excluding carboxylic acids is 5. The Morgan fingerprint density at radius 1 is 0.841 bits per heavy atom. The van der Waals surface area contributed by atoms with Crippen molar-refractivity contribution in [3.63, 3.8) is 0 Å². The van der Waals surface area contributed by atoms with Crippen molar-refractivity contribution in [1.29, 1.82) is 0 Å². The van der Waals surface area contributed by atoms with Crippen LogP contribution in [0, 0.1) is 0 Å². The number of aromatic hydroxyl groups is 2. The maximum atomic E-state index is 13.2. The number of ether oxygens (including phenoxy) is 5. The first-order chi connectivity index (χ1) is 33.2. The van der Waals surface area contributed by atoms with E-state index in [1.54, 1.807) is 91.8 Å². The van der Waals surface area contributed by atoms with Gasteiger partial charge in [0.2, 0.25) is 11.8 Å². The number of phenolic OH excluding ortho intramolecular Hbond substituents is 1. The number of nitrogens with one attached hydrogen (secondary N) is 6. The lowest BCUT2D eigenvalue weighted by Gasteiger charge is -2.24. The maximum absolute atomic E-state index is 13.2. The van der Waals surface area contributed by atoms with E-state index in [0.29, 0.717) is 84.1 Å². The summed E-state index contributed by atoms with van der Waals surface area (Å²) in [6.45, 7) is 9.06. The van der Waals surface area contributed by atoms with E-state index in [4.69, 9.17) is 23.7 Å². The third kappa shape index (κ3) is 15.0. The van der Waals surface area contributed by atoms with E-state index >= 15 is 0 Å². The van der Waals surface area contributed by atoms with Crippen LogP contribution >= 0.6 is 0 Å². The van der Waals surface area contributed by atoms with Crippen LogP contribution < -0.4 is 26.6 Å². The summed E-state index contributed by atoms with van der Waals surface area (Å²) in [5.74, 6) is -1.75. The van der Waals surface area contributed by atoms with Gasteiger partial charge in [0, 0.05) is 48.8 Å². The number of carbonyl (C=O) groups is 5. The molecular formula is C48H62N9O12+. The molecule has 1 saturated heterocycles. The molecule has 2 heterocycles. The van der Waals surface area contributed by atoms with E-state index in [0.717, 1.165) is 5.69 Å². The number of nitrogens with zero attached hydrogens (tertiary/aromatic N) is 3. The summed E-state index contributed by atoms with van der Waals surface area (Å²) in [6, 6.07) is 16.8. The van der Waals surface area contributed by atoms with Crippen LogP contribution in [0.15, 0.2) is 71.8 Å². The van der Waals surface area contributed by atoms with Gasteiger partial charge in [-0.05, 0) is 81.8 Å². The molecule has 6 rings (SSSR count). The highest BCUT2D eigenvalue weighted by Gasteiger charge is 2.30. The zero-order valence-corrected chi connectivity index (χ0v) is 39.4. The fraction of sp³-hybridized carbons (Fsp3) is 0.438. The molecule has 1 atom stereocenters. The van der Waals surface area contributed by atoms with Gasteiger partial charge < -0.3 is 60.5 Å². The van der Waals surface area contributed by atoms with Crippen molar-refractivity contribution in [2.75, 3.05) is 96.7 Å². The second-order valence-corrected chi connectivity index (χ2v) is 17.0. The number of aromatic nitrogens is 2. The minimum Gasteiger partial charge on any atom is -0.508 e. The monoisotopic (exact) mass is 956 g/mol. The van der Waals surface area contributed by atoms with Gasteiger partial charge in [-0.15, -0.1) is 4.70 Å². The molecule has 3 aromatic carbocycles. The Labute approximate surface area is 399 Å². The van der Waals surface area contributed by atoms with Crippen LogP contribution in [-0.4, -0.2) is 152 Å². The van der Waals surface area contributed by atoms with Crippen molar-refractivity contribution in [2.24, 2.45) is 5.11 Å². The molecule has 8 N–H and O–H groups in total. The minimum atomic E-state index is -1.02. The zero-order valence-electron chi connectivity index (χ0n) is 39.4. The summed E-state index contributed by atoms with van der Waals surface area (Å²) in [5.41, 5.74) is 2.90. The highest BCUT2D eigenvalue weighted by molar-refractivity contribution is 6.17. The number of H-pyrrole nitrogens is 1. The average Bonchev–Trinajstić information content (AvgIpc) is 3.82. The predicted octanol–water partition coefficient (Wildman–Crippen LogP) is 4.42. The van der Waals surface area contributed by atoms with E-state index in [1.165, 1.54) is 12.1 Å². The highest BCUT2D eigenvalue weighted by Crippen LogP contribution is 2.51. The first-order valence-corrected chi connectivity index (χ1v) is 22.8. The summed E-state index contributed by atoms with van der Waals surface area (Å²) in [4.78, 5) is 64.4. The lowest BCUT2D eigenvalue weighted by molar-refractivity contribution is -0.606. The number of aromatic amines is 1. The molecule has 3 aromatic rings. The Kier molecular flexibility index (Phi) is 18.4. The number of fused-ring (bicyclic) bond motifs is 3. The fourth-order valence-corrected chi connectivity index (χ4v) is 7.41. The average molecular weight is 957 g/mol. The second kappa shape index (κ2) is 24.8. The number of benzene rings is 3. The second-order valence-electron chi connectivity index (χ2n) is 17.0. The van der Waals surface area contributed by atoms with E-state index in [9.17, 15) is 34.2 Å². The van der Waals surface area contributed by atoms with Gasteiger partial charge in [0.25, 0.3) is 5.91 Å². The van der Waals surface area contributed by atoms with Crippen LogP contribution in [0.4, 0.5) is 16.2 Å². The zero-order chi connectivity index (χ0) is 49.3. The predicted molar refractivity (Wildman–Crippen MR) is 255 cm³/mol. The van der Waals surface area contributed by atoms with Gasteiger partial charge in [0.05, 0.1) is 72.8 Å². The van der Waals surface area contributed by atoms with Crippen LogP contribution in [0.5, 0.6) is 11.5 Å². The quantitative estimate of drug-likeness (QED) is 0.0256. The van der Waals surface area contributed by atoms with E-state index in [-0.39, 0.29) is 82.2 Å². The standard InChI is InChI=1S/C48H61N9O12/c1-48(2,3)69-46(63)37(52-45(62)32-8-12-33(49-4)13-9-32)16-17-38(59)50-18-22-65-26-28-68-29-27-66-23-19-51-39(60)30-57-43(31-10-14-34(58)15-11-31)41-42(54-57)35-6-5-7-36(40(35)44(41)61)53-47(64)55-56-20-24-67-25-21-56/h5-15,37H,16-30H2,1-4H3,(H7,49,50,51,52,53,54,55,58,59,60,61,62,64)/p+1/t37-/m0/s1. The Hall–Kier alpha value is -7.07. The van der Waals surface area contributed by atoms with E-state index in [2.05, 4.69) is 36.8 Å². The van der Waals surface area contributed by atoms with Crippen molar-refractivity contribution in [2.45, 2.75) is 51.8 Å². The van der Waals surface area contributed by atoms with Crippen LogP contribution in [0.1, 0.15) is 44.0 Å². The number of phenols is 1. The molecule has 5 amide bonds. The number of hydrogen-bond donors (Lipinski definition) is 8. The molecule has 69 heavy (non-hydrogen) atoms. The van der Waals surface area contributed by atoms with Gasteiger partial charge in [-0.1, -0.05) is 12.1 Å². The molecule has 3 aliphatic rings. The van der Waals surface area contributed by atoms with Crippen molar-refractivity contribution in [3.8, 4) is 34.0 Å². The van der Waals surface area contributed by atoms with Crippen molar-refractivity contribution < 1.29 is 62.6 Å². The van der Waals surface area contributed by atoms with Gasteiger partial charge in [-0.3, -0.25) is 24.2 Å². The van der Waals surface area contributed by atoms with Gasteiger partial charge >= 0.3 is 12.0 Å².